The van der Waals surface area contributed by atoms with E-state index in [4.69, 9.17) is 15.7 Å². The Kier molecular flexibility index (Phi) is 5.87. The number of nitrogens with two attached hydrogens (primary N) is 1. The number of benzene rings is 1. The Morgan fingerprint density at radius 3 is 2.73 bits per heavy atom. The molecule has 0 saturated heterocycles. The Morgan fingerprint density at radius 1 is 1.50 bits per heavy atom. The molecule has 1 amide bonds. The highest BCUT2D eigenvalue weighted by molar-refractivity contribution is 5.73. The lowest BCUT2D eigenvalue weighted by Gasteiger charge is -2.24. The Labute approximate surface area is 128 Å². The van der Waals surface area contributed by atoms with E-state index in [1.54, 1.807) is 0 Å². The first-order chi connectivity index (χ1) is 10.3. The summed E-state index contributed by atoms with van der Waals surface area (Å²) < 4.78 is 5.60. The van der Waals surface area contributed by atoms with Crippen molar-refractivity contribution in [2.24, 2.45) is 11.1 Å². The van der Waals surface area contributed by atoms with Crippen molar-refractivity contribution in [2.75, 3.05) is 6.61 Å². The molecule has 1 rings (SSSR count). The SMILES string of the molecule is CC(C)(CCCC(N)=O)COc1cccc([N+](=O)[O-])c1C#N. The summed E-state index contributed by atoms with van der Waals surface area (Å²) in [4.78, 5) is 21.0. The quantitative estimate of drug-likeness (QED) is 0.584. The Bertz CT molecular complexity index is 605. The zero-order valence-corrected chi connectivity index (χ0v) is 12.7. The Hall–Kier alpha value is -2.62. The van der Waals surface area contributed by atoms with Gasteiger partial charge in [0.2, 0.25) is 5.91 Å². The molecule has 0 aromatic heterocycles. The Balaban J connectivity index is 2.75. The second-order valence-corrected chi connectivity index (χ2v) is 5.79. The molecule has 118 valence electrons. The molecule has 0 fully saturated rings. The van der Waals surface area contributed by atoms with Crippen LogP contribution < -0.4 is 10.5 Å². The van der Waals surface area contributed by atoms with Crippen molar-refractivity contribution >= 4 is 11.6 Å². The highest BCUT2D eigenvalue weighted by atomic mass is 16.6. The third kappa shape index (κ3) is 5.05. The van der Waals surface area contributed by atoms with Gasteiger partial charge in [0.15, 0.2) is 5.56 Å². The van der Waals surface area contributed by atoms with E-state index < -0.39 is 4.92 Å². The van der Waals surface area contributed by atoms with Crippen molar-refractivity contribution in [3.63, 3.8) is 0 Å². The number of hydrogen-bond donors (Lipinski definition) is 1. The van der Waals surface area contributed by atoms with E-state index in [1.807, 2.05) is 19.9 Å². The molecule has 0 saturated carbocycles. The molecule has 7 nitrogen and oxygen atoms in total. The number of hydrogen-bond acceptors (Lipinski definition) is 5. The van der Waals surface area contributed by atoms with Gasteiger partial charge in [0.05, 0.1) is 11.5 Å². The van der Waals surface area contributed by atoms with Crippen LogP contribution in [0.3, 0.4) is 0 Å². The summed E-state index contributed by atoms with van der Waals surface area (Å²) in [5.41, 5.74) is 4.50. The van der Waals surface area contributed by atoms with Gasteiger partial charge >= 0.3 is 0 Å². The molecule has 0 atom stereocenters. The van der Waals surface area contributed by atoms with E-state index in [1.165, 1.54) is 18.2 Å². The van der Waals surface area contributed by atoms with Gasteiger partial charge in [0.25, 0.3) is 5.69 Å². The maximum atomic E-state index is 10.9. The highest BCUT2D eigenvalue weighted by Gasteiger charge is 2.22. The third-order valence-corrected chi connectivity index (χ3v) is 3.21. The molecule has 0 aliphatic heterocycles. The fourth-order valence-electron chi connectivity index (χ4n) is 1.99. The van der Waals surface area contributed by atoms with E-state index in [9.17, 15) is 14.9 Å². The van der Waals surface area contributed by atoms with Gasteiger partial charge < -0.3 is 10.5 Å². The van der Waals surface area contributed by atoms with Crippen LogP contribution in [0.4, 0.5) is 5.69 Å². The number of carbonyl (C=O) groups excluding carboxylic acids is 1. The predicted molar refractivity (Wildman–Crippen MR) is 80.1 cm³/mol. The van der Waals surface area contributed by atoms with E-state index in [2.05, 4.69) is 0 Å². The van der Waals surface area contributed by atoms with E-state index >= 15 is 0 Å². The van der Waals surface area contributed by atoms with Gasteiger partial charge in [-0.15, -0.1) is 0 Å². The van der Waals surface area contributed by atoms with Crippen molar-refractivity contribution in [1.82, 2.24) is 0 Å². The lowest BCUT2D eigenvalue weighted by molar-refractivity contribution is -0.385. The molecule has 0 unspecified atom stereocenters. The minimum absolute atomic E-state index is 0.0829. The number of nitriles is 1. The number of nitro benzene ring substituents is 1. The average molecular weight is 305 g/mol. The van der Waals surface area contributed by atoms with Gasteiger partial charge in [-0.25, -0.2) is 0 Å². The number of rotatable bonds is 8. The normalized spacial score (nSPS) is 10.8. The molecule has 22 heavy (non-hydrogen) atoms. The molecule has 0 spiro atoms. The van der Waals surface area contributed by atoms with Crippen molar-refractivity contribution < 1.29 is 14.5 Å². The summed E-state index contributed by atoms with van der Waals surface area (Å²) in [5.74, 6) is -0.151. The predicted octanol–water partition coefficient (Wildman–Crippen LogP) is 2.53. The fourth-order valence-corrected chi connectivity index (χ4v) is 1.99. The van der Waals surface area contributed by atoms with E-state index in [0.29, 0.717) is 19.3 Å². The summed E-state index contributed by atoms with van der Waals surface area (Å²) in [6, 6.07) is 6.09. The molecule has 0 radical (unpaired) electrons. The summed E-state index contributed by atoms with van der Waals surface area (Å²) >= 11 is 0. The lowest BCUT2D eigenvalue weighted by atomic mass is 9.88. The van der Waals surface area contributed by atoms with Crippen LogP contribution in [-0.2, 0) is 4.79 Å². The molecular formula is C15H19N3O4. The van der Waals surface area contributed by atoms with Gasteiger partial charge in [-0.2, -0.15) is 5.26 Å². The second-order valence-electron chi connectivity index (χ2n) is 5.79. The molecule has 1 aromatic carbocycles. The largest absolute Gasteiger partial charge is 0.491 e. The first kappa shape index (κ1) is 17.4. The van der Waals surface area contributed by atoms with Gasteiger partial charge in [-0.1, -0.05) is 19.9 Å². The van der Waals surface area contributed by atoms with Gasteiger partial charge in [-0.05, 0) is 24.3 Å². The number of ether oxygens (including phenoxy) is 1. The van der Waals surface area contributed by atoms with Gasteiger partial charge in [-0.3, -0.25) is 14.9 Å². The number of amides is 1. The molecule has 1 aromatic rings. The summed E-state index contributed by atoms with van der Waals surface area (Å²) in [5, 5.41) is 20.0. The van der Waals surface area contributed by atoms with Crippen LogP contribution in [-0.4, -0.2) is 17.4 Å². The minimum atomic E-state index is -0.608. The molecule has 7 heteroatoms. The summed E-state index contributed by atoms with van der Waals surface area (Å²) in [6.45, 7) is 4.19. The zero-order valence-electron chi connectivity index (χ0n) is 12.7. The first-order valence-corrected chi connectivity index (χ1v) is 6.85. The van der Waals surface area contributed by atoms with E-state index in [0.717, 1.165) is 0 Å². The van der Waals surface area contributed by atoms with Gasteiger partial charge in [0, 0.05) is 12.5 Å². The van der Waals surface area contributed by atoms with Crippen LogP contribution in [0.2, 0.25) is 0 Å². The molecule has 0 bridgehead atoms. The first-order valence-electron chi connectivity index (χ1n) is 6.85. The maximum absolute atomic E-state index is 10.9. The highest BCUT2D eigenvalue weighted by Crippen LogP contribution is 2.30. The number of primary amides is 1. The number of nitro groups is 1. The van der Waals surface area contributed by atoms with Crippen LogP contribution in [0.1, 0.15) is 38.7 Å². The van der Waals surface area contributed by atoms with Crippen molar-refractivity contribution in [3.05, 3.63) is 33.9 Å². The van der Waals surface area contributed by atoms with Crippen molar-refractivity contribution in [3.8, 4) is 11.8 Å². The van der Waals surface area contributed by atoms with Crippen molar-refractivity contribution in [2.45, 2.75) is 33.1 Å². The van der Waals surface area contributed by atoms with Crippen molar-refractivity contribution in [1.29, 1.82) is 5.26 Å². The number of carbonyl (C=O) groups is 1. The molecule has 0 aliphatic rings. The van der Waals surface area contributed by atoms with Crippen LogP contribution in [0.5, 0.6) is 5.75 Å². The van der Waals surface area contributed by atoms with Crippen LogP contribution in [0.25, 0.3) is 0 Å². The maximum Gasteiger partial charge on any atom is 0.290 e. The average Bonchev–Trinajstić information content (AvgIpc) is 2.43. The standard InChI is InChI=1S/C15H19N3O4/c1-15(2,8-4-7-14(17)19)10-22-13-6-3-5-12(18(20)21)11(13)9-16/h3,5-6H,4,7-8,10H2,1-2H3,(H2,17,19). The zero-order chi connectivity index (χ0) is 16.8. The van der Waals surface area contributed by atoms with Gasteiger partial charge in [0.1, 0.15) is 11.8 Å². The molecule has 0 aliphatic carbocycles. The summed E-state index contributed by atoms with van der Waals surface area (Å²) in [6.07, 6.45) is 1.67. The van der Waals surface area contributed by atoms with Crippen LogP contribution in [0, 0.1) is 26.9 Å². The Morgan fingerprint density at radius 2 is 2.18 bits per heavy atom. The molecule has 2 N–H and O–H groups in total. The monoisotopic (exact) mass is 305 g/mol. The molecular weight excluding hydrogens is 286 g/mol. The van der Waals surface area contributed by atoms with Crippen LogP contribution in [0.15, 0.2) is 18.2 Å². The minimum Gasteiger partial charge on any atom is -0.491 e. The third-order valence-electron chi connectivity index (χ3n) is 3.21. The topological polar surface area (TPSA) is 119 Å². The molecule has 0 heterocycles. The fraction of sp³-hybridized carbons (Fsp3) is 0.467. The number of nitrogens with zero attached hydrogens (tertiary/aromatic N) is 2. The lowest BCUT2D eigenvalue weighted by Crippen LogP contribution is -2.22. The van der Waals surface area contributed by atoms with Crippen LogP contribution >= 0.6 is 0 Å². The van der Waals surface area contributed by atoms with E-state index in [-0.39, 0.29) is 34.9 Å². The smallest absolute Gasteiger partial charge is 0.290 e. The second kappa shape index (κ2) is 7.41. The summed E-state index contributed by atoms with van der Waals surface area (Å²) in [7, 11) is 0.